The summed E-state index contributed by atoms with van der Waals surface area (Å²) in [6, 6.07) is 7.58. The van der Waals surface area contributed by atoms with Crippen LogP contribution in [0.1, 0.15) is 5.69 Å². The molecule has 0 atom stereocenters. The van der Waals surface area contributed by atoms with Gasteiger partial charge in [-0.1, -0.05) is 6.07 Å². The Hall–Kier alpha value is -1.93. The third kappa shape index (κ3) is 2.30. The zero-order valence-electron chi connectivity index (χ0n) is 7.66. The maximum absolute atomic E-state index is 8.81. The Bertz CT molecular complexity index is 492. The minimum atomic E-state index is 0.327. The lowest BCUT2D eigenvalue weighted by Gasteiger charge is -1.99. The fourth-order valence-electron chi connectivity index (χ4n) is 0.983. The molecule has 2 aromatic heterocycles. The van der Waals surface area contributed by atoms with Gasteiger partial charge in [-0.2, -0.15) is 5.26 Å². The molecule has 72 valence electrons. The summed E-state index contributed by atoms with van der Waals surface area (Å²) >= 11 is 1.33. The highest BCUT2D eigenvalue weighted by Crippen LogP contribution is 2.24. The van der Waals surface area contributed by atoms with E-state index in [2.05, 4.69) is 15.0 Å². The lowest BCUT2D eigenvalue weighted by atomic mass is 10.5. The van der Waals surface area contributed by atoms with Gasteiger partial charge in [0.05, 0.1) is 0 Å². The smallest absolute Gasteiger partial charge is 0.173 e. The van der Waals surface area contributed by atoms with Crippen LogP contribution >= 0.6 is 11.8 Å². The molecule has 0 bridgehead atoms. The molecule has 0 aliphatic rings. The molecule has 0 fully saturated rings. The Morgan fingerprint density at radius 2 is 1.93 bits per heavy atom. The number of hydrogen-bond acceptors (Lipinski definition) is 5. The highest BCUT2D eigenvalue weighted by atomic mass is 32.2. The summed E-state index contributed by atoms with van der Waals surface area (Å²) < 4.78 is 0. The van der Waals surface area contributed by atoms with Gasteiger partial charge in [-0.05, 0) is 23.9 Å². The summed E-state index contributed by atoms with van der Waals surface area (Å²) in [6.07, 6.45) is 4.76. The predicted molar refractivity (Wildman–Crippen MR) is 55.1 cm³/mol. The Morgan fingerprint density at radius 1 is 1.07 bits per heavy atom. The molecule has 2 aromatic rings. The molecule has 0 radical (unpaired) electrons. The fourth-order valence-corrected chi connectivity index (χ4v) is 1.75. The van der Waals surface area contributed by atoms with Gasteiger partial charge < -0.3 is 0 Å². The van der Waals surface area contributed by atoms with Crippen LogP contribution in [0.2, 0.25) is 0 Å². The molecule has 0 N–H and O–H groups in total. The molecule has 4 nitrogen and oxygen atoms in total. The number of rotatable bonds is 2. The fraction of sp³-hybridized carbons (Fsp3) is 0. The van der Waals surface area contributed by atoms with E-state index >= 15 is 0 Å². The summed E-state index contributed by atoms with van der Waals surface area (Å²) in [5, 5.41) is 10.2. The van der Waals surface area contributed by atoms with Crippen molar-refractivity contribution in [3.8, 4) is 6.07 Å². The van der Waals surface area contributed by atoms with Crippen LogP contribution in [0.25, 0.3) is 0 Å². The molecular weight excluding hydrogens is 208 g/mol. The van der Waals surface area contributed by atoms with E-state index in [-0.39, 0.29) is 0 Å². The highest BCUT2D eigenvalue weighted by molar-refractivity contribution is 7.99. The number of nitriles is 1. The summed E-state index contributed by atoms with van der Waals surface area (Å²) in [4.78, 5) is 12.1. The zero-order chi connectivity index (χ0) is 10.5. The summed E-state index contributed by atoms with van der Waals surface area (Å²) in [5.41, 5.74) is 0.327. The first-order chi connectivity index (χ1) is 7.40. The topological polar surface area (TPSA) is 62.5 Å². The van der Waals surface area contributed by atoms with Crippen LogP contribution in [0.4, 0.5) is 0 Å². The van der Waals surface area contributed by atoms with Crippen LogP contribution in [0.15, 0.2) is 46.8 Å². The van der Waals surface area contributed by atoms with Crippen LogP contribution in [-0.2, 0) is 0 Å². The Labute approximate surface area is 91.0 Å². The number of aromatic nitrogens is 3. The first-order valence-electron chi connectivity index (χ1n) is 4.20. The van der Waals surface area contributed by atoms with Gasteiger partial charge in [-0.25, -0.2) is 15.0 Å². The first-order valence-corrected chi connectivity index (χ1v) is 5.02. The van der Waals surface area contributed by atoms with E-state index in [1.54, 1.807) is 12.4 Å². The molecule has 0 aromatic carbocycles. The molecule has 0 amide bonds. The van der Waals surface area contributed by atoms with Crippen LogP contribution in [0, 0.1) is 11.3 Å². The van der Waals surface area contributed by atoms with Gasteiger partial charge in [0.2, 0.25) is 0 Å². The van der Waals surface area contributed by atoms with Gasteiger partial charge in [0, 0.05) is 18.6 Å². The molecule has 0 aliphatic carbocycles. The molecule has 0 unspecified atom stereocenters. The van der Waals surface area contributed by atoms with Crippen molar-refractivity contribution in [1.82, 2.24) is 15.0 Å². The molecule has 15 heavy (non-hydrogen) atoms. The average Bonchev–Trinajstić information content (AvgIpc) is 2.31. The summed E-state index contributed by atoms with van der Waals surface area (Å²) in [5.74, 6) is 0. The lowest BCUT2D eigenvalue weighted by molar-refractivity contribution is 1.02. The van der Waals surface area contributed by atoms with E-state index < -0.39 is 0 Å². The second-order valence-electron chi connectivity index (χ2n) is 2.59. The Balaban J connectivity index is 2.29. The SMILES string of the molecule is N#Cc1nccnc1Sc1ccccn1. The van der Waals surface area contributed by atoms with Crippen molar-refractivity contribution in [3.63, 3.8) is 0 Å². The van der Waals surface area contributed by atoms with E-state index in [0.29, 0.717) is 10.7 Å². The molecule has 2 heterocycles. The van der Waals surface area contributed by atoms with Crippen LogP contribution in [0.3, 0.4) is 0 Å². The second kappa shape index (κ2) is 4.53. The van der Waals surface area contributed by atoms with Gasteiger partial charge >= 0.3 is 0 Å². The van der Waals surface area contributed by atoms with Gasteiger partial charge in [-0.3, -0.25) is 0 Å². The zero-order valence-corrected chi connectivity index (χ0v) is 8.48. The first kappa shape index (κ1) is 9.62. The maximum atomic E-state index is 8.81. The third-order valence-electron chi connectivity index (χ3n) is 1.61. The van der Waals surface area contributed by atoms with Gasteiger partial charge in [0.1, 0.15) is 16.1 Å². The molecule has 0 saturated carbocycles. The van der Waals surface area contributed by atoms with Crippen LogP contribution in [0.5, 0.6) is 0 Å². The van der Waals surface area contributed by atoms with Crippen molar-refractivity contribution in [3.05, 3.63) is 42.5 Å². The molecule has 0 aliphatic heterocycles. The van der Waals surface area contributed by atoms with E-state index in [4.69, 9.17) is 5.26 Å². The van der Waals surface area contributed by atoms with E-state index in [1.165, 1.54) is 18.0 Å². The van der Waals surface area contributed by atoms with Crippen LogP contribution in [-0.4, -0.2) is 15.0 Å². The minimum absolute atomic E-state index is 0.327. The molecule has 5 heteroatoms. The van der Waals surface area contributed by atoms with Crippen molar-refractivity contribution < 1.29 is 0 Å². The molecular formula is C10H6N4S. The molecule has 0 saturated heterocycles. The number of pyridine rings is 1. The van der Waals surface area contributed by atoms with E-state index in [1.807, 2.05) is 24.3 Å². The predicted octanol–water partition coefficient (Wildman–Crippen LogP) is 1.89. The monoisotopic (exact) mass is 214 g/mol. The third-order valence-corrected chi connectivity index (χ3v) is 2.55. The van der Waals surface area contributed by atoms with Crippen molar-refractivity contribution >= 4 is 11.8 Å². The van der Waals surface area contributed by atoms with E-state index in [0.717, 1.165) is 5.03 Å². The largest absolute Gasteiger partial charge is 0.250 e. The molecule has 0 spiro atoms. The Morgan fingerprint density at radius 3 is 2.67 bits per heavy atom. The molecule has 2 rings (SSSR count). The second-order valence-corrected chi connectivity index (χ2v) is 3.60. The normalized spacial score (nSPS) is 9.53. The quantitative estimate of drug-likeness (QED) is 0.764. The maximum Gasteiger partial charge on any atom is 0.173 e. The van der Waals surface area contributed by atoms with E-state index in [9.17, 15) is 0 Å². The van der Waals surface area contributed by atoms with Crippen LogP contribution < -0.4 is 0 Å². The van der Waals surface area contributed by atoms with Gasteiger partial charge in [-0.15, -0.1) is 0 Å². The Kier molecular flexibility index (Phi) is 2.90. The van der Waals surface area contributed by atoms with Crippen molar-refractivity contribution in [2.45, 2.75) is 10.1 Å². The van der Waals surface area contributed by atoms with Gasteiger partial charge in [0.15, 0.2) is 5.69 Å². The average molecular weight is 214 g/mol. The van der Waals surface area contributed by atoms with Crippen molar-refractivity contribution in [2.24, 2.45) is 0 Å². The number of hydrogen-bond donors (Lipinski definition) is 0. The summed E-state index contributed by atoms with van der Waals surface area (Å²) in [7, 11) is 0. The van der Waals surface area contributed by atoms with Gasteiger partial charge in [0.25, 0.3) is 0 Å². The van der Waals surface area contributed by atoms with Crippen molar-refractivity contribution in [1.29, 1.82) is 5.26 Å². The lowest BCUT2D eigenvalue weighted by Crippen LogP contribution is -1.90. The highest BCUT2D eigenvalue weighted by Gasteiger charge is 2.06. The number of nitrogens with zero attached hydrogens (tertiary/aromatic N) is 4. The summed E-state index contributed by atoms with van der Waals surface area (Å²) in [6.45, 7) is 0. The van der Waals surface area contributed by atoms with Crippen molar-refractivity contribution in [2.75, 3.05) is 0 Å². The standard InChI is InChI=1S/C10H6N4S/c11-7-8-10(14-6-5-12-8)15-9-3-1-2-4-13-9/h1-6H. The minimum Gasteiger partial charge on any atom is -0.250 e.